The van der Waals surface area contributed by atoms with Crippen molar-refractivity contribution in [2.75, 3.05) is 13.2 Å². The van der Waals surface area contributed by atoms with Crippen LogP contribution in [0.1, 0.15) is 18.8 Å². The molecule has 0 bridgehead atoms. The van der Waals surface area contributed by atoms with E-state index in [2.05, 4.69) is 11.9 Å². The Hall–Kier alpha value is -1.77. The fourth-order valence-electron chi connectivity index (χ4n) is 3.07. The van der Waals surface area contributed by atoms with E-state index in [-0.39, 0.29) is 19.1 Å². The first-order valence-electron chi connectivity index (χ1n) is 8.25. The molecule has 2 aliphatic rings. The smallest absolute Gasteiger partial charge is 0.217 e. The lowest BCUT2D eigenvalue weighted by molar-refractivity contribution is -0.343. The van der Waals surface area contributed by atoms with Gasteiger partial charge in [-0.05, 0) is 0 Å². The summed E-state index contributed by atoms with van der Waals surface area (Å²) in [5, 5.41) is 13.5. The highest BCUT2D eigenvalue weighted by atomic mass is 16.7. The average Bonchev–Trinajstić information content (AvgIpc) is 2.63. The number of carbonyl (C=O) groups excluding carboxylic acids is 1. The molecule has 0 aliphatic carbocycles. The standard InChI is InChI=1S/C18H23NO6/c1-3-9-22-18-14(19-11(2)20)15(21)16-13(24-18)10-23-17(25-16)12-7-5-4-6-8-12/h3-8,13-18,21H,1,9-10H2,2H3,(H,19,20)/t13?,14?,15-,16-,17?,18-/m1/s1. The van der Waals surface area contributed by atoms with Crippen LogP contribution in [0.4, 0.5) is 0 Å². The van der Waals surface area contributed by atoms with Crippen LogP contribution in [0.25, 0.3) is 0 Å². The molecule has 1 aromatic carbocycles. The zero-order valence-electron chi connectivity index (χ0n) is 14.0. The van der Waals surface area contributed by atoms with Gasteiger partial charge in [0.25, 0.3) is 0 Å². The van der Waals surface area contributed by atoms with Crippen molar-refractivity contribution < 1.29 is 28.8 Å². The number of benzene rings is 1. The van der Waals surface area contributed by atoms with Gasteiger partial charge in [0.15, 0.2) is 12.6 Å². The Kier molecular flexibility index (Phi) is 5.82. The molecule has 2 N–H and O–H groups in total. The second-order valence-electron chi connectivity index (χ2n) is 6.06. The van der Waals surface area contributed by atoms with Crippen molar-refractivity contribution >= 4 is 5.91 Å². The van der Waals surface area contributed by atoms with E-state index in [1.54, 1.807) is 6.08 Å². The van der Waals surface area contributed by atoms with Gasteiger partial charge < -0.3 is 29.4 Å². The van der Waals surface area contributed by atoms with Crippen LogP contribution in [0, 0.1) is 0 Å². The van der Waals surface area contributed by atoms with Crippen molar-refractivity contribution in [1.82, 2.24) is 5.32 Å². The second kappa shape index (κ2) is 8.07. The second-order valence-corrected chi connectivity index (χ2v) is 6.06. The predicted molar refractivity (Wildman–Crippen MR) is 88.4 cm³/mol. The third-order valence-electron chi connectivity index (χ3n) is 4.19. The summed E-state index contributed by atoms with van der Waals surface area (Å²) in [6, 6.07) is 8.73. The van der Waals surface area contributed by atoms with E-state index < -0.39 is 36.9 Å². The zero-order valence-corrected chi connectivity index (χ0v) is 14.0. The number of aliphatic hydroxyl groups is 1. The number of hydrogen-bond donors (Lipinski definition) is 2. The Balaban J connectivity index is 1.75. The van der Waals surface area contributed by atoms with Gasteiger partial charge in [0.05, 0.1) is 13.2 Å². The Morgan fingerprint density at radius 3 is 2.84 bits per heavy atom. The molecule has 2 saturated heterocycles. The first-order chi connectivity index (χ1) is 12.1. The minimum Gasteiger partial charge on any atom is -0.388 e. The largest absolute Gasteiger partial charge is 0.388 e. The minimum atomic E-state index is -0.993. The lowest BCUT2D eigenvalue weighted by Crippen LogP contribution is -2.66. The third kappa shape index (κ3) is 4.08. The summed E-state index contributed by atoms with van der Waals surface area (Å²) in [5.74, 6) is -0.287. The van der Waals surface area contributed by atoms with E-state index in [0.29, 0.717) is 0 Å². The van der Waals surface area contributed by atoms with Crippen molar-refractivity contribution in [3.8, 4) is 0 Å². The van der Waals surface area contributed by atoms with Crippen LogP contribution in [0.2, 0.25) is 0 Å². The van der Waals surface area contributed by atoms with E-state index in [1.807, 2.05) is 30.3 Å². The number of rotatable bonds is 5. The molecule has 0 aromatic heterocycles. The highest BCUT2D eigenvalue weighted by molar-refractivity contribution is 5.73. The summed E-state index contributed by atoms with van der Waals surface area (Å²) in [7, 11) is 0. The highest BCUT2D eigenvalue weighted by Gasteiger charge is 2.50. The number of carbonyl (C=O) groups is 1. The van der Waals surface area contributed by atoms with E-state index in [4.69, 9.17) is 18.9 Å². The molecule has 3 rings (SSSR count). The highest BCUT2D eigenvalue weighted by Crippen LogP contribution is 2.34. The molecular formula is C18H23NO6. The molecule has 7 nitrogen and oxygen atoms in total. The Morgan fingerprint density at radius 1 is 1.40 bits per heavy atom. The van der Waals surface area contributed by atoms with Crippen molar-refractivity contribution in [2.45, 2.75) is 43.9 Å². The summed E-state index contributed by atoms with van der Waals surface area (Å²) in [5.41, 5.74) is 0.856. The maximum absolute atomic E-state index is 11.5. The minimum absolute atomic E-state index is 0.235. The number of ether oxygens (including phenoxy) is 4. The van der Waals surface area contributed by atoms with Gasteiger partial charge in [0.2, 0.25) is 5.91 Å². The normalized spacial score (nSPS) is 34.8. The molecule has 6 atom stereocenters. The number of hydrogen-bond acceptors (Lipinski definition) is 6. The summed E-state index contributed by atoms with van der Waals surface area (Å²) in [6.07, 6.45) is -1.95. The van der Waals surface area contributed by atoms with Gasteiger partial charge >= 0.3 is 0 Å². The van der Waals surface area contributed by atoms with Gasteiger partial charge in [0.1, 0.15) is 24.4 Å². The van der Waals surface area contributed by atoms with E-state index in [9.17, 15) is 9.90 Å². The van der Waals surface area contributed by atoms with E-state index >= 15 is 0 Å². The Morgan fingerprint density at radius 2 is 2.16 bits per heavy atom. The summed E-state index contributed by atoms with van der Waals surface area (Å²) in [6.45, 7) is 5.46. The number of nitrogens with one attached hydrogen (secondary N) is 1. The van der Waals surface area contributed by atoms with E-state index in [1.165, 1.54) is 6.92 Å². The van der Waals surface area contributed by atoms with Crippen LogP contribution in [0.15, 0.2) is 43.0 Å². The monoisotopic (exact) mass is 349 g/mol. The van der Waals surface area contributed by atoms with Gasteiger partial charge in [-0.3, -0.25) is 4.79 Å². The summed E-state index contributed by atoms with van der Waals surface area (Å²) >= 11 is 0. The number of aliphatic hydroxyl groups excluding tert-OH is 1. The predicted octanol–water partition coefficient (Wildman–Crippen LogP) is 0.894. The molecule has 1 aromatic rings. The summed E-state index contributed by atoms with van der Waals surface area (Å²) < 4.78 is 23.1. The molecule has 2 aliphatic heterocycles. The van der Waals surface area contributed by atoms with Crippen LogP contribution in [-0.4, -0.2) is 54.9 Å². The fourth-order valence-corrected chi connectivity index (χ4v) is 3.07. The molecule has 3 unspecified atom stereocenters. The lowest BCUT2D eigenvalue weighted by Gasteiger charge is -2.47. The topological polar surface area (TPSA) is 86.2 Å². The first kappa shape index (κ1) is 18.0. The van der Waals surface area contributed by atoms with E-state index in [0.717, 1.165) is 5.56 Å². The molecule has 1 amide bonds. The Bertz CT molecular complexity index is 594. The summed E-state index contributed by atoms with van der Waals surface area (Å²) in [4.78, 5) is 11.5. The van der Waals surface area contributed by atoms with Crippen molar-refractivity contribution in [3.05, 3.63) is 48.6 Å². The van der Waals surface area contributed by atoms with Crippen molar-refractivity contribution in [3.63, 3.8) is 0 Å². The van der Waals surface area contributed by atoms with Gasteiger partial charge in [-0.15, -0.1) is 6.58 Å². The van der Waals surface area contributed by atoms with Crippen LogP contribution >= 0.6 is 0 Å². The zero-order chi connectivity index (χ0) is 17.8. The molecule has 136 valence electrons. The first-order valence-corrected chi connectivity index (χ1v) is 8.25. The average molecular weight is 349 g/mol. The molecule has 0 spiro atoms. The van der Waals surface area contributed by atoms with Crippen molar-refractivity contribution in [2.24, 2.45) is 0 Å². The molecule has 2 heterocycles. The molecule has 0 radical (unpaired) electrons. The maximum atomic E-state index is 11.5. The van der Waals surface area contributed by atoms with Gasteiger partial charge in [0, 0.05) is 12.5 Å². The Labute approximate surface area is 146 Å². The molecule has 0 saturated carbocycles. The van der Waals surface area contributed by atoms with Gasteiger partial charge in [-0.25, -0.2) is 0 Å². The number of amides is 1. The third-order valence-corrected chi connectivity index (χ3v) is 4.19. The molecule has 25 heavy (non-hydrogen) atoms. The molecule has 2 fully saturated rings. The van der Waals surface area contributed by atoms with Gasteiger partial charge in [-0.2, -0.15) is 0 Å². The fraction of sp³-hybridized carbons (Fsp3) is 0.500. The van der Waals surface area contributed by atoms with Gasteiger partial charge in [-0.1, -0.05) is 36.4 Å². The van der Waals surface area contributed by atoms with Crippen LogP contribution < -0.4 is 5.32 Å². The van der Waals surface area contributed by atoms with Crippen molar-refractivity contribution in [1.29, 1.82) is 0 Å². The van der Waals surface area contributed by atoms with Crippen LogP contribution in [0.5, 0.6) is 0 Å². The maximum Gasteiger partial charge on any atom is 0.217 e. The SMILES string of the molecule is C=CCO[C@@H]1OC2COC(c3ccccc3)O[C@H]2[C@H](O)C1NC(C)=O. The molecular weight excluding hydrogens is 326 g/mol. The quantitative estimate of drug-likeness (QED) is 0.768. The lowest BCUT2D eigenvalue weighted by atomic mass is 9.95. The molecule has 7 heteroatoms. The van der Waals surface area contributed by atoms with Crippen LogP contribution in [-0.2, 0) is 23.7 Å². The number of fused-ring (bicyclic) bond motifs is 1. The van der Waals surface area contributed by atoms with Crippen LogP contribution in [0.3, 0.4) is 0 Å².